The van der Waals surface area contributed by atoms with Crippen LogP contribution >= 0.6 is 0 Å². The molecule has 0 aliphatic heterocycles. The van der Waals surface area contributed by atoms with Gasteiger partial charge in [0, 0.05) is 11.1 Å². The SMILES string of the molecule is Cc1[nH]c2c(C(=O)Nc3n[nH]c(C(F)(F)F)n3)cccc2c1C. The number of halogens is 3. The van der Waals surface area contributed by atoms with E-state index in [-0.39, 0.29) is 0 Å². The number of aromatic amines is 2. The van der Waals surface area contributed by atoms with Gasteiger partial charge in [-0.15, -0.1) is 5.10 Å². The summed E-state index contributed by atoms with van der Waals surface area (Å²) >= 11 is 0. The van der Waals surface area contributed by atoms with Crippen molar-refractivity contribution < 1.29 is 18.0 Å². The minimum absolute atomic E-state index is 0.303. The van der Waals surface area contributed by atoms with E-state index in [1.54, 1.807) is 17.2 Å². The Balaban J connectivity index is 1.92. The van der Waals surface area contributed by atoms with Gasteiger partial charge in [0.2, 0.25) is 11.8 Å². The number of para-hydroxylation sites is 1. The Bertz CT molecular complexity index is 894. The van der Waals surface area contributed by atoms with E-state index in [0.717, 1.165) is 16.6 Å². The maximum absolute atomic E-state index is 12.5. The van der Waals surface area contributed by atoms with Gasteiger partial charge >= 0.3 is 6.18 Å². The summed E-state index contributed by atoms with van der Waals surface area (Å²) in [6.07, 6.45) is -4.65. The highest BCUT2D eigenvalue weighted by atomic mass is 19.4. The van der Waals surface area contributed by atoms with Gasteiger partial charge in [-0.05, 0) is 25.5 Å². The second-order valence-electron chi connectivity index (χ2n) is 5.06. The zero-order chi connectivity index (χ0) is 16.8. The molecular weight excluding hydrogens is 311 g/mol. The number of nitrogens with one attached hydrogen (secondary N) is 3. The average molecular weight is 323 g/mol. The standard InChI is InChI=1S/C14H12F3N5O/c1-6-7(2)18-10-8(6)4-3-5-9(10)11(23)19-13-20-12(21-22-13)14(15,16)17/h3-5,18H,1-2H3,(H2,19,20,21,22,23). The summed E-state index contributed by atoms with van der Waals surface area (Å²) in [5.74, 6) is -2.29. The normalized spacial score (nSPS) is 11.9. The van der Waals surface area contributed by atoms with Crippen LogP contribution in [0.1, 0.15) is 27.4 Å². The molecule has 0 saturated carbocycles. The Morgan fingerprint density at radius 3 is 2.65 bits per heavy atom. The van der Waals surface area contributed by atoms with Crippen LogP contribution in [0, 0.1) is 13.8 Å². The molecule has 0 aliphatic rings. The number of aromatic nitrogens is 4. The molecule has 9 heteroatoms. The van der Waals surface area contributed by atoms with Crippen molar-refractivity contribution in [3.05, 3.63) is 40.8 Å². The molecule has 0 aliphatic carbocycles. The molecular formula is C14H12F3N5O. The molecule has 2 aromatic heterocycles. The smallest absolute Gasteiger partial charge is 0.358 e. The zero-order valence-corrected chi connectivity index (χ0v) is 12.2. The van der Waals surface area contributed by atoms with Gasteiger partial charge in [-0.2, -0.15) is 18.2 Å². The predicted octanol–water partition coefficient (Wildman–Crippen LogP) is 3.17. The van der Waals surface area contributed by atoms with E-state index in [1.165, 1.54) is 0 Å². The molecule has 3 aromatic rings. The van der Waals surface area contributed by atoms with E-state index >= 15 is 0 Å². The summed E-state index contributed by atoms with van der Waals surface area (Å²) in [6.45, 7) is 3.79. The molecule has 6 nitrogen and oxygen atoms in total. The first-order chi connectivity index (χ1) is 10.8. The minimum Gasteiger partial charge on any atom is -0.358 e. The molecule has 3 N–H and O–H groups in total. The third-order valence-electron chi connectivity index (χ3n) is 3.57. The zero-order valence-electron chi connectivity index (χ0n) is 12.2. The maximum Gasteiger partial charge on any atom is 0.451 e. The van der Waals surface area contributed by atoms with E-state index in [4.69, 9.17) is 0 Å². The lowest BCUT2D eigenvalue weighted by molar-refractivity contribution is -0.144. The Kier molecular flexibility index (Phi) is 3.35. The summed E-state index contributed by atoms with van der Waals surface area (Å²) in [5.41, 5.74) is 2.84. The van der Waals surface area contributed by atoms with E-state index < -0.39 is 23.9 Å². The number of alkyl halides is 3. The number of hydrogen-bond acceptors (Lipinski definition) is 3. The molecule has 1 amide bonds. The first-order valence-corrected chi connectivity index (χ1v) is 6.66. The van der Waals surface area contributed by atoms with Crippen molar-refractivity contribution in [1.82, 2.24) is 20.2 Å². The van der Waals surface area contributed by atoms with Crippen LogP contribution in [-0.2, 0) is 6.18 Å². The fourth-order valence-corrected chi connectivity index (χ4v) is 2.29. The summed E-state index contributed by atoms with van der Waals surface area (Å²) in [7, 11) is 0. The number of nitrogens with zero attached hydrogens (tertiary/aromatic N) is 2. The lowest BCUT2D eigenvalue weighted by atomic mass is 10.1. The summed E-state index contributed by atoms with van der Waals surface area (Å²) in [6, 6.07) is 5.14. The number of aryl methyl sites for hydroxylation is 2. The predicted molar refractivity (Wildman–Crippen MR) is 77.1 cm³/mol. The highest BCUT2D eigenvalue weighted by molar-refractivity contribution is 6.12. The first-order valence-electron chi connectivity index (χ1n) is 6.66. The lowest BCUT2D eigenvalue weighted by Crippen LogP contribution is -2.14. The second kappa shape index (κ2) is 5.11. The van der Waals surface area contributed by atoms with E-state index in [0.29, 0.717) is 11.1 Å². The van der Waals surface area contributed by atoms with Gasteiger partial charge < -0.3 is 4.98 Å². The van der Waals surface area contributed by atoms with Crippen molar-refractivity contribution in [2.24, 2.45) is 0 Å². The molecule has 0 atom stereocenters. The van der Waals surface area contributed by atoms with Gasteiger partial charge in [0.15, 0.2) is 0 Å². The van der Waals surface area contributed by atoms with Crippen LogP contribution in [0.3, 0.4) is 0 Å². The highest BCUT2D eigenvalue weighted by Crippen LogP contribution is 2.27. The molecule has 0 radical (unpaired) electrons. The highest BCUT2D eigenvalue weighted by Gasteiger charge is 2.35. The van der Waals surface area contributed by atoms with Crippen molar-refractivity contribution in [2.75, 3.05) is 5.32 Å². The number of carbonyl (C=O) groups is 1. The van der Waals surface area contributed by atoms with Crippen molar-refractivity contribution >= 4 is 22.8 Å². The number of amides is 1. The number of benzene rings is 1. The molecule has 0 spiro atoms. The third-order valence-corrected chi connectivity index (χ3v) is 3.57. The summed E-state index contributed by atoms with van der Waals surface area (Å²) in [5, 5.41) is 8.23. The quantitative estimate of drug-likeness (QED) is 0.677. The van der Waals surface area contributed by atoms with Crippen molar-refractivity contribution in [1.29, 1.82) is 0 Å². The minimum atomic E-state index is -4.65. The second-order valence-corrected chi connectivity index (χ2v) is 5.06. The molecule has 3 rings (SSSR count). The Labute approximate surface area is 128 Å². The van der Waals surface area contributed by atoms with E-state index in [2.05, 4.69) is 20.4 Å². The van der Waals surface area contributed by atoms with Crippen LogP contribution in [-0.4, -0.2) is 26.1 Å². The topological polar surface area (TPSA) is 86.5 Å². The number of anilines is 1. The van der Waals surface area contributed by atoms with Gasteiger partial charge in [0.1, 0.15) is 0 Å². The molecule has 0 bridgehead atoms. The monoisotopic (exact) mass is 323 g/mol. The van der Waals surface area contributed by atoms with Crippen molar-refractivity contribution in [3.63, 3.8) is 0 Å². The van der Waals surface area contributed by atoms with Gasteiger partial charge in [-0.3, -0.25) is 15.2 Å². The van der Waals surface area contributed by atoms with Crippen molar-refractivity contribution in [2.45, 2.75) is 20.0 Å². The molecule has 120 valence electrons. The molecule has 1 aromatic carbocycles. The Hall–Kier alpha value is -2.84. The van der Waals surface area contributed by atoms with E-state index in [1.807, 2.05) is 19.9 Å². The van der Waals surface area contributed by atoms with Gasteiger partial charge in [0.05, 0.1) is 11.1 Å². The number of hydrogen-bond donors (Lipinski definition) is 3. The molecule has 0 unspecified atom stereocenters. The van der Waals surface area contributed by atoms with Crippen LogP contribution in [0.15, 0.2) is 18.2 Å². The van der Waals surface area contributed by atoms with Gasteiger partial charge in [-0.1, -0.05) is 12.1 Å². The summed E-state index contributed by atoms with van der Waals surface area (Å²) < 4.78 is 37.4. The molecule has 23 heavy (non-hydrogen) atoms. The fourth-order valence-electron chi connectivity index (χ4n) is 2.29. The number of carbonyl (C=O) groups excluding carboxylic acids is 1. The van der Waals surface area contributed by atoms with Gasteiger partial charge in [-0.25, -0.2) is 0 Å². The number of fused-ring (bicyclic) bond motifs is 1. The lowest BCUT2D eigenvalue weighted by Gasteiger charge is -2.03. The fraction of sp³-hybridized carbons (Fsp3) is 0.214. The van der Waals surface area contributed by atoms with Crippen LogP contribution in [0.4, 0.5) is 19.1 Å². The maximum atomic E-state index is 12.5. The number of rotatable bonds is 2. The van der Waals surface area contributed by atoms with Crippen LogP contribution in [0.25, 0.3) is 10.9 Å². The van der Waals surface area contributed by atoms with Crippen LogP contribution in [0.2, 0.25) is 0 Å². The molecule has 0 saturated heterocycles. The largest absolute Gasteiger partial charge is 0.451 e. The Morgan fingerprint density at radius 1 is 1.26 bits per heavy atom. The van der Waals surface area contributed by atoms with Crippen molar-refractivity contribution in [3.8, 4) is 0 Å². The summed E-state index contributed by atoms with van der Waals surface area (Å²) in [4.78, 5) is 18.6. The van der Waals surface area contributed by atoms with E-state index in [9.17, 15) is 18.0 Å². The van der Waals surface area contributed by atoms with Gasteiger partial charge in [0.25, 0.3) is 5.91 Å². The van der Waals surface area contributed by atoms with Crippen LogP contribution in [0.5, 0.6) is 0 Å². The molecule has 2 heterocycles. The number of H-pyrrole nitrogens is 2. The Morgan fingerprint density at radius 2 is 2.00 bits per heavy atom. The van der Waals surface area contributed by atoms with Crippen LogP contribution < -0.4 is 5.32 Å². The first kappa shape index (κ1) is 15.1. The third kappa shape index (κ3) is 2.65. The molecule has 0 fully saturated rings. The average Bonchev–Trinajstić information content (AvgIpc) is 3.05.